The number of thiophene rings is 1. The molecule has 0 atom stereocenters. The minimum atomic E-state index is -0.859. The van der Waals surface area contributed by atoms with Gasteiger partial charge < -0.3 is 5.11 Å². The first-order chi connectivity index (χ1) is 10.2. The first-order valence-corrected chi connectivity index (χ1v) is 7.87. The zero-order valence-corrected chi connectivity index (χ0v) is 12.4. The van der Waals surface area contributed by atoms with Crippen molar-refractivity contribution < 1.29 is 9.90 Å². The summed E-state index contributed by atoms with van der Waals surface area (Å²) in [6, 6.07) is 10.5. The van der Waals surface area contributed by atoms with E-state index in [1.165, 1.54) is 11.3 Å². The van der Waals surface area contributed by atoms with E-state index < -0.39 is 5.97 Å². The molecule has 0 aliphatic heterocycles. The third kappa shape index (κ3) is 2.92. The van der Waals surface area contributed by atoms with Gasteiger partial charge in [0.05, 0.1) is 6.07 Å². The number of nitrogens with zero attached hydrogens (tertiary/aromatic N) is 2. The summed E-state index contributed by atoms with van der Waals surface area (Å²) in [5.74, 6) is -0.859. The number of fused-ring (bicyclic) bond motifs is 1. The zero-order valence-electron chi connectivity index (χ0n) is 11.6. The maximum atomic E-state index is 11.5. The average molecular weight is 300 g/mol. The van der Waals surface area contributed by atoms with Crippen LogP contribution in [0.2, 0.25) is 0 Å². The van der Waals surface area contributed by atoms with E-state index >= 15 is 0 Å². The minimum absolute atomic E-state index is 0.429. The smallest absolute Gasteiger partial charge is 0.346 e. The molecule has 5 heteroatoms. The highest BCUT2D eigenvalue weighted by molar-refractivity contribution is 7.21. The molecule has 4 nitrogen and oxygen atoms in total. The van der Waals surface area contributed by atoms with Crippen LogP contribution in [0.15, 0.2) is 24.3 Å². The predicted molar refractivity (Wildman–Crippen MR) is 82.4 cm³/mol. The van der Waals surface area contributed by atoms with E-state index in [1.807, 2.05) is 24.3 Å². The van der Waals surface area contributed by atoms with Crippen LogP contribution in [0.25, 0.3) is 10.1 Å². The molecule has 1 aromatic carbocycles. The molecule has 0 radical (unpaired) electrons. The molecule has 3 rings (SSSR count). The van der Waals surface area contributed by atoms with Crippen LogP contribution in [0.1, 0.15) is 34.5 Å². The number of carboxylic acids is 1. The van der Waals surface area contributed by atoms with Gasteiger partial charge in [-0.15, -0.1) is 11.3 Å². The molecule has 0 saturated heterocycles. The largest absolute Gasteiger partial charge is 0.477 e. The monoisotopic (exact) mass is 300 g/mol. The molecule has 1 aliphatic rings. The third-order valence-electron chi connectivity index (χ3n) is 3.83. The zero-order chi connectivity index (χ0) is 14.8. The molecule has 1 aromatic heterocycles. The summed E-state index contributed by atoms with van der Waals surface area (Å²) >= 11 is 1.34. The lowest BCUT2D eigenvalue weighted by Crippen LogP contribution is -2.27. The Bertz CT molecular complexity index is 713. The van der Waals surface area contributed by atoms with Gasteiger partial charge >= 0.3 is 5.97 Å². The number of carbonyl (C=O) groups is 1. The molecule has 1 saturated carbocycles. The fraction of sp³-hybridized carbons (Fsp3) is 0.375. The van der Waals surface area contributed by atoms with Crippen molar-refractivity contribution in [3.05, 3.63) is 34.7 Å². The Morgan fingerprint density at radius 3 is 2.86 bits per heavy atom. The Balaban J connectivity index is 1.96. The van der Waals surface area contributed by atoms with Gasteiger partial charge in [0, 0.05) is 30.3 Å². The number of benzene rings is 1. The lowest BCUT2D eigenvalue weighted by Gasteiger charge is -2.20. The normalized spacial score (nSPS) is 14.5. The number of hydrogen-bond donors (Lipinski definition) is 1. The van der Waals surface area contributed by atoms with Crippen LogP contribution in [0.5, 0.6) is 0 Å². The van der Waals surface area contributed by atoms with Gasteiger partial charge in [0.15, 0.2) is 0 Å². The number of hydrogen-bond acceptors (Lipinski definition) is 4. The molecule has 1 N–H and O–H groups in total. The van der Waals surface area contributed by atoms with Crippen molar-refractivity contribution >= 4 is 27.4 Å². The molecule has 1 heterocycles. The second-order valence-corrected chi connectivity index (χ2v) is 6.37. The molecule has 1 aliphatic carbocycles. The molecule has 0 spiro atoms. The van der Waals surface area contributed by atoms with Gasteiger partial charge in [-0.1, -0.05) is 18.2 Å². The average Bonchev–Trinajstić information content (AvgIpc) is 3.25. The molecule has 0 unspecified atom stereocenters. The van der Waals surface area contributed by atoms with Crippen LogP contribution in [0.3, 0.4) is 0 Å². The molecule has 2 aromatic rings. The Hall–Kier alpha value is -1.90. The lowest BCUT2D eigenvalue weighted by molar-refractivity contribution is 0.0700. The molecule has 0 amide bonds. The van der Waals surface area contributed by atoms with Gasteiger partial charge in [-0.3, -0.25) is 4.90 Å². The van der Waals surface area contributed by atoms with Crippen LogP contribution >= 0.6 is 11.3 Å². The van der Waals surface area contributed by atoms with E-state index in [-0.39, 0.29) is 0 Å². The highest BCUT2D eigenvalue weighted by Crippen LogP contribution is 2.35. The fourth-order valence-corrected chi connectivity index (χ4v) is 3.71. The maximum Gasteiger partial charge on any atom is 0.346 e. The summed E-state index contributed by atoms with van der Waals surface area (Å²) in [5.41, 5.74) is 0.896. The maximum absolute atomic E-state index is 11.5. The van der Waals surface area contributed by atoms with Crippen molar-refractivity contribution in [1.29, 1.82) is 5.26 Å². The van der Waals surface area contributed by atoms with Gasteiger partial charge in [-0.05, 0) is 29.9 Å². The van der Waals surface area contributed by atoms with Crippen molar-refractivity contribution in [2.45, 2.75) is 31.8 Å². The third-order valence-corrected chi connectivity index (χ3v) is 5.03. The fourth-order valence-electron chi connectivity index (χ4n) is 2.66. The van der Waals surface area contributed by atoms with E-state index in [0.29, 0.717) is 30.4 Å². The van der Waals surface area contributed by atoms with E-state index in [2.05, 4.69) is 11.0 Å². The van der Waals surface area contributed by atoms with Gasteiger partial charge in [-0.2, -0.15) is 5.26 Å². The van der Waals surface area contributed by atoms with E-state index in [0.717, 1.165) is 28.5 Å². The lowest BCUT2D eigenvalue weighted by atomic mass is 10.1. The minimum Gasteiger partial charge on any atom is -0.477 e. The molecule has 1 fully saturated rings. The standard InChI is InChI=1S/C16H16N2O2S/c17-8-3-9-18(11-6-7-11)10-13-12-4-1-2-5-14(12)21-15(13)16(19)20/h1-2,4-5,11H,3,6-7,9-10H2,(H,19,20). The molecule has 21 heavy (non-hydrogen) atoms. The highest BCUT2D eigenvalue weighted by atomic mass is 32.1. The van der Waals surface area contributed by atoms with Crippen molar-refractivity contribution in [2.75, 3.05) is 6.54 Å². The summed E-state index contributed by atoms with van der Waals surface area (Å²) in [4.78, 5) is 14.2. The summed E-state index contributed by atoms with van der Waals surface area (Å²) in [5, 5.41) is 19.3. The Kier molecular flexibility index (Phi) is 3.91. The summed E-state index contributed by atoms with van der Waals surface area (Å²) < 4.78 is 1.01. The first kappa shape index (κ1) is 14.1. The van der Waals surface area contributed by atoms with Gasteiger partial charge in [0.25, 0.3) is 0 Å². The van der Waals surface area contributed by atoms with E-state index in [4.69, 9.17) is 5.26 Å². The molecule has 108 valence electrons. The SMILES string of the molecule is N#CCCN(Cc1c(C(=O)O)sc2ccccc12)C1CC1. The van der Waals surface area contributed by atoms with Crippen LogP contribution < -0.4 is 0 Å². The number of carboxylic acid groups (broad SMARTS) is 1. The van der Waals surface area contributed by atoms with Crippen LogP contribution in [-0.4, -0.2) is 28.6 Å². The topological polar surface area (TPSA) is 64.3 Å². The second-order valence-electron chi connectivity index (χ2n) is 5.32. The van der Waals surface area contributed by atoms with E-state index in [9.17, 15) is 9.90 Å². The van der Waals surface area contributed by atoms with Crippen LogP contribution in [0.4, 0.5) is 0 Å². The molecule has 0 bridgehead atoms. The quantitative estimate of drug-likeness (QED) is 0.887. The Labute approximate surface area is 127 Å². The van der Waals surface area contributed by atoms with Gasteiger partial charge in [-0.25, -0.2) is 4.79 Å². The highest BCUT2D eigenvalue weighted by Gasteiger charge is 2.30. The molecular formula is C16H16N2O2S. The van der Waals surface area contributed by atoms with Crippen molar-refractivity contribution in [3.8, 4) is 6.07 Å². The van der Waals surface area contributed by atoms with Gasteiger partial charge in [0.1, 0.15) is 4.88 Å². The van der Waals surface area contributed by atoms with Crippen molar-refractivity contribution in [2.24, 2.45) is 0 Å². The number of rotatable bonds is 6. The number of aromatic carboxylic acids is 1. The Morgan fingerprint density at radius 2 is 2.19 bits per heavy atom. The van der Waals surface area contributed by atoms with Crippen LogP contribution in [0, 0.1) is 11.3 Å². The van der Waals surface area contributed by atoms with Crippen LogP contribution in [-0.2, 0) is 6.54 Å². The molecular weight excluding hydrogens is 284 g/mol. The summed E-state index contributed by atoms with van der Waals surface area (Å²) in [7, 11) is 0. The predicted octanol–water partition coefficient (Wildman–Crippen LogP) is 3.48. The second kappa shape index (κ2) is 5.84. The van der Waals surface area contributed by atoms with Crippen molar-refractivity contribution in [3.63, 3.8) is 0 Å². The number of nitriles is 1. The van der Waals surface area contributed by atoms with Crippen molar-refractivity contribution in [1.82, 2.24) is 4.90 Å². The van der Waals surface area contributed by atoms with Gasteiger partial charge in [0.2, 0.25) is 0 Å². The van der Waals surface area contributed by atoms with E-state index in [1.54, 1.807) is 0 Å². The first-order valence-electron chi connectivity index (χ1n) is 7.05. The summed E-state index contributed by atoms with van der Waals surface area (Å²) in [6.45, 7) is 1.34. The summed E-state index contributed by atoms with van der Waals surface area (Å²) in [6.07, 6.45) is 2.78. The Morgan fingerprint density at radius 1 is 1.43 bits per heavy atom.